The molecule has 2 fully saturated rings. The van der Waals surface area contributed by atoms with E-state index < -0.39 is 0 Å². The van der Waals surface area contributed by atoms with Crippen molar-refractivity contribution < 1.29 is 4.74 Å². The van der Waals surface area contributed by atoms with E-state index in [1.165, 1.54) is 37.4 Å². The molecule has 7 nitrogen and oxygen atoms in total. The van der Waals surface area contributed by atoms with Gasteiger partial charge in [0.2, 0.25) is 0 Å². The Balaban J connectivity index is 1.06. The van der Waals surface area contributed by atoms with Crippen LogP contribution in [0.25, 0.3) is 5.78 Å². The van der Waals surface area contributed by atoms with Crippen molar-refractivity contribution in [2.45, 2.75) is 12.8 Å². The molecule has 5 rings (SSSR count). The maximum absolute atomic E-state index is 5.24. The van der Waals surface area contributed by atoms with Crippen molar-refractivity contribution in [2.75, 3.05) is 44.7 Å². The highest BCUT2D eigenvalue weighted by atomic mass is 16.5. The zero-order valence-corrected chi connectivity index (χ0v) is 15.6. The van der Waals surface area contributed by atoms with Crippen molar-refractivity contribution >= 4 is 11.5 Å². The largest absolute Gasteiger partial charge is 0.497 e. The van der Waals surface area contributed by atoms with Crippen molar-refractivity contribution in [2.24, 2.45) is 5.41 Å². The molecular weight excluding hydrogens is 340 g/mol. The lowest BCUT2D eigenvalue weighted by Gasteiger charge is -2.61. The Hall–Kier alpha value is -2.67. The van der Waals surface area contributed by atoms with Crippen LogP contribution in [-0.4, -0.2) is 64.3 Å². The molecule has 7 heteroatoms. The molecule has 1 spiro atoms. The van der Waals surface area contributed by atoms with Crippen molar-refractivity contribution in [1.29, 1.82) is 0 Å². The smallest absolute Gasteiger partial charge is 0.252 e. The fraction of sp³-hybridized carbons (Fsp3) is 0.450. The zero-order chi connectivity index (χ0) is 18.3. The lowest BCUT2D eigenvalue weighted by atomic mass is 9.72. The first kappa shape index (κ1) is 16.5. The van der Waals surface area contributed by atoms with Gasteiger partial charge in [0, 0.05) is 49.7 Å². The number of aryl methyl sites for hydroxylation is 1. The van der Waals surface area contributed by atoms with Crippen LogP contribution in [0, 0.1) is 5.41 Å². The molecule has 4 heterocycles. The number of nitrogens with zero attached hydrogens (tertiary/aromatic N) is 6. The van der Waals surface area contributed by atoms with Crippen LogP contribution in [0.15, 0.2) is 43.0 Å². The van der Waals surface area contributed by atoms with E-state index in [4.69, 9.17) is 4.74 Å². The van der Waals surface area contributed by atoms with E-state index in [1.807, 2.05) is 24.5 Å². The number of benzene rings is 1. The van der Waals surface area contributed by atoms with Gasteiger partial charge in [-0.3, -0.25) is 0 Å². The second kappa shape index (κ2) is 6.49. The molecule has 3 aromatic rings. The van der Waals surface area contributed by atoms with E-state index in [2.05, 4.69) is 37.0 Å². The van der Waals surface area contributed by atoms with Crippen LogP contribution in [0.2, 0.25) is 0 Å². The van der Waals surface area contributed by atoms with E-state index >= 15 is 0 Å². The number of methoxy groups -OCH3 is 1. The molecule has 2 saturated heterocycles. The number of fused-ring (bicyclic) bond motifs is 1. The predicted octanol–water partition coefficient (Wildman–Crippen LogP) is 1.89. The fourth-order valence-electron chi connectivity index (χ4n) is 4.39. The summed E-state index contributed by atoms with van der Waals surface area (Å²) in [5.74, 6) is 1.58. The van der Waals surface area contributed by atoms with Crippen LogP contribution in [0.3, 0.4) is 0 Å². The number of aromatic nitrogens is 4. The quantitative estimate of drug-likeness (QED) is 0.666. The third-order valence-electron chi connectivity index (χ3n) is 5.74. The van der Waals surface area contributed by atoms with Crippen LogP contribution in [0.5, 0.6) is 5.75 Å². The van der Waals surface area contributed by atoms with Gasteiger partial charge in [0.05, 0.1) is 7.11 Å². The summed E-state index contributed by atoms with van der Waals surface area (Å²) in [5.41, 5.74) is 3.04. The van der Waals surface area contributed by atoms with Crippen molar-refractivity contribution in [3.05, 3.63) is 48.5 Å². The summed E-state index contributed by atoms with van der Waals surface area (Å²) >= 11 is 0. The summed E-state index contributed by atoms with van der Waals surface area (Å²) in [5, 5.41) is 4.15. The standard InChI is InChI=1S/C20H24N6O/c1-27-18-6-4-17(5-7-18)25-13-20(14-25)11-24(12-20)8-2-3-16-9-21-19-22-15-23-26(19)10-16/h4-7,9-10,15H,2-3,8,11-14H2,1H3. The van der Waals surface area contributed by atoms with Crippen molar-refractivity contribution in [3.63, 3.8) is 0 Å². The molecule has 2 aliphatic heterocycles. The van der Waals surface area contributed by atoms with Crippen molar-refractivity contribution in [1.82, 2.24) is 24.5 Å². The summed E-state index contributed by atoms with van der Waals surface area (Å²) in [7, 11) is 1.71. The average Bonchev–Trinajstić information content (AvgIpc) is 3.10. The SMILES string of the molecule is COc1ccc(N2CC3(CN(CCCc4cnc5ncnn5c4)C3)C2)cc1. The highest BCUT2D eigenvalue weighted by molar-refractivity contribution is 5.52. The molecule has 0 aliphatic carbocycles. The first-order valence-electron chi connectivity index (χ1n) is 9.49. The minimum absolute atomic E-state index is 0.515. The molecule has 0 bridgehead atoms. The second-order valence-electron chi connectivity index (χ2n) is 7.84. The van der Waals surface area contributed by atoms with Gasteiger partial charge in [-0.2, -0.15) is 10.1 Å². The molecule has 2 aromatic heterocycles. The summed E-state index contributed by atoms with van der Waals surface area (Å²) in [4.78, 5) is 13.5. The minimum Gasteiger partial charge on any atom is -0.497 e. The Labute approximate surface area is 158 Å². The minimum atomic E-state index is 0.515. The van der Waals surface area contributed by atoms with Gasteiger partial charge in [0.25, 0.3) is 5.78 Å². The molecule has 0 radical (unpaired) electrons. The van der Waals surface area contributed by atoms with Gasteiger partial charge in [0.15, 0.2) is 0 Å². The van der Waals surface area contributed by atoms with E-state index in [0.717, 1.165) is 25.1 Å². The van der Waals surface area contributed by atoms with E-state index in [0.29, 0.717) is 11.2 Å². The number of anilines is 1. The van der Waals surface area contributed by atoms with Gasteiger partial charge in [-0.05, 0) is 49.2 Å². The molecule has 0 unspecified atom stereocenters. The number of hydrogen-bond acceptors (Lipinski definition) is 6. The Bertz CT molecular complexity index is 923. The number of rotatable bonds is 6. The lowest BCUT2D eigenvalue weighted by molar-refractivity contribution is -0.0219. The Morgan fingerprint density at radius 3 is 2.67 bits per heavy atom. The van der Waals surface area contributed by atoms with E-state index in [1.54, 1.807) is 18.0 Å². The fourth-order valence-corrected chi connectivity index (χ4v) is 4.39. The van der Waals surface area contributed by atoms with Crippen LogP contribution in [0.4, 0.5) is 5.69 Å². The van der Waals surface area contributed by atoms with Crippen LogP contribution < -0.4 is 9.64 Å². The first-order valence-corrected chi connectivity index (χ1v) is 9.49. The average molecular weight is 364 g/mol. The van der Waals surface area contributed by atoms with Gasteiger partial charge in [-0.1, -0.05) is 0 Å². The number of ether oxygens (including phenoxy) is 1. The maximum Gasteiger partial charge on any atom is 0.252 e. The first-order chi connectivity index (χ1) is 13.2. The molecule has 1 aromatic carbocycles. The van der Waals surface area contributed by atoms with E-state index in [9.17, 15) is 0 Å². The molecule has 0 amide bonds. The van der Waals surface area contributed by atoms with Crippen LogP contribution in [-0.2, 0) is 6.42 Å². The van der Waals surface area contributed by atoms with Crippen LogP contribution in [0.1, 0.15) is 12.0 Å². The molecule has 0 N–H and O–H groups in total. The van der Waals surface area contributed by atoms with Crippen LogP contribution >= 0.6 is 0 Å². The van der Waals surface area contributed by atoms with Gasteiger partial charge in [-0.15, -0.1) is 0 Å². The molecule has 140 valence electrons. The Morgan fingerprint density at radius 2 is 1.89 bits per heavy atom. The summed E-state index contributed by atoms with van der Waals surface area (Å²) in [6, 6.07) is 8.39. The third-order valence-corrected chi connectivity index (χ3v) is 5.74. The van der Waals surface area contributed by atoms with Gasteiger partial charge in [-0.25, -0.2) is 9.50 Å². The molecule has 0 saturated carbocycles. The summed E-state index contributed by atoms with van der Waals surface area (Å²) in [6.07, 6.45) is 7.68. The molecule has 0 atom stereocenters. The topological polar surface area (TPSA) is 58.8 Å². The predicted molar refractivity (Wildman–Crippen MR) is 103 cm³/mol. The molecule has 2 aliphatic rings. The highest BCUT2D eigenvalue weighted by Gasteiger charge is 2.51. The monoisotopic (exact) mass is 364 g/mol. The zero-order valence-electron chi connectivity index (χ0n) is 15.6. The second-order valence-corrected chi connectivity index (χ2v) is 7.84. The van der Waals surface area contributed by atoms with Crippen molar-refractivity contribution in [3.8, 4) is 5.75 Å². The lowest BCUT2D eigenvalue weighted by Crippen LogP contribution is -2.72. The summed E-state index contributed by atoms with van der Waals surface area (Å²) < 4.78 is 6.98. The van der Waals surface area contributed by atoms with Gasteiger partial charge < -0.3 is 14.5 Å². The number of likely N-dealkylation sites (tertiary alicyclic amines) is 1. The highest BCUT2D eigenvalue weighted by Crippen LogP contribution is 2.42. The Kier molecular flexibility index (Phi) is 3.97. The normalized spacial score (nSPS) is 18.5. The maximum atomic E-state index is 5.24. The Morgan fingerprint density at radius 1 is 1.07 bits per heavy atom. The summed E-state index contributed by atoms with van der Waals surface area (Å²) in [6.45, 7) is 5.94. The van der Waals surface area contributed by atoms with Gasteiger partial charge >= 0.3 is 0 Å². The van der Waals surface area contributed by atoms with E-state index in [-0.39, 0.29) is 0 Å². The third kappa shape index (κ3) is 3.12. The number of hydrogen-bond donors (Lipinski definition) is 0. The van der Waals surface area contributed by atoms with Gasteiger partial charge in [0.1, 0.15) is 12.1 Å². The molecule has 27 heavy (non-hydrogen) atoms. The molecular formula is C20H24N6O.